The van der Waals surface area contributed by atoms with Gasteiger partial charge in [-0.25, -0.2) is 4.39 Å². The van der Waals surface area contributed by atoms with Gasteiger partial charge in [0.1, 0.15) is 6.01 Å². The van der Waals surface area contributed by atoms with Gasteiger partial charge in [-0.1, -0.05) is 0 Å². The summed E-state index contributed by atoms with van der Waals surface area (Å²) >= 11 is 1.19. The molecule has 2 heteroatoms. The summed E-state index contributed by atoms with van der Waals surface area (Å²) in [6.07, 6.45) is 0. The summed E-state index contributed by atoms with van der Waals surface area (Å²) < 4.78 is 10.9. The van der Waals surface area contributed by atoms with Gasteiger partial charge in [0.15, 0.2) is 0 Å². The van der Waals surface area contributed by atoms with Crippen LogP contribution in [0.2, 0.25) is 0 Å². The molecule has 5 heavy (non-hydrogen) atoms. The summed E-state index contributed by atoms with van der Waals surface area (Å²) in [6.45, 7) is 3.40. The molecule has 1 radical (unpaired) electrons. The standard InChI is InChI=1S/C3H6FS/c1-2-5-3-4/h1-3H2. The fourth-order valence-corrected chi connectivity index (χ4v) is 0.164. The van der Waals surface area contributed by atoms with Crippen LogP contribution in [-0.4, -0.2) is 11.8 Å². The fraction of sp³-hybridized carbons (Fsp3) is 0.667. The Morgan fingerprint density at radius 1 is 1.80 bits per heavy atom. The van der Waals surface area contributed by atoms with Crippen LogP contribution in [-0.2, 0) is 0 Å². The molecule has 0 aliphatic heterocycles. The van der Waals surface area contributed by atoms with E-state index < -0.39 is 0 Å². The quantitative estimate of drug-likeness (QED) is 0.498. The van der Waals surface area contributed by atoms with Crippen LogP contribution < -0.4 is 0 Å². The van der Waals surface area contributed by atoms with Gasteiger partial charge in [-0.3, -0.25) is 0 Å². The maximum Gasteiger partial charge on any atom is 0.135 e. The summed E-state index contributed by atoms with van der Waals surface area (Å²) in [5.41, 5.74) is 0. The number of thioether (sulfide) groups is 1. The predicted molar refractivity (Wildman–Crippen MR) is 23.8 cm³/mol. The van der Waals surface area contributed by atoms with E-state index in [-0.39, 0.29) is 6.01 Å². The monoisotopic (exact) mass is 93.0 g/mol. The highest BCUT2D eigenvalue weighted by molar-refractivity contribution is 7.99. The highest BCUT2D eigenvalue weighted by atomic mass is 32.2. The lowest BCUT2D eigenvalue weighted by molar-refractivity contribution is 0.606. The van der Waals surface area contributed by atoms with Crippen LogP contribution in [0.25, 0.3) is 0 Å². The van der Waals surface area contributed by atoms with Gasteiger partial charge < -0.3 is 0 Å². The van der Waals surface area contributed by atoms with Gasteiger partial charge in [0.25, 0.3) is 0 Å². The summed E-state index contributed by atoms with van der Waals surface area (Å²) in [4.78, 5) is 0. The second-order valence-electron chi connectivity index (χ2n) is 0.517. The normalized spacial score (nSPS) is 8.40. The van der Waals surface area contributed by atoms with Crippen LogP contribution in [0.1, 0.15) is 0 Å². The minimum absolute atomic E-state index is 0.302. The van der Waals surface area contributed by atoms with Crippen molar-refractivity contribution < 1.29 is 4.39 Å². The molecule has 0 atom stereocenters. The first-order chi connectivity index (χ1) is 2.41. The van der Waals surface area contributed by atoms with Crippen LogP contribution in [0, 0.1) is 6.92 Å². The first kappa shape index (κ1) is 5.28. The average molecular weight is 93.1 g/mol. The Morgan fingerprint density at radius 2 is 2.40 bits per heavy atom. The molecule has 0 N–H and O–H groups in total. The van der Waals surface area contributed by atoms with Crippen LogP contribution in [0.3, 0.4) is 0 Å². The van der Waals surface area contributed by atoms with Gasteiger partial charge in [0.2, 0.25) is 0 Å². The maximum absolute atomic E-state index is 10.9. The molecular formula is C3H6FS. The Kier molecular flexibility index (Phi) is 4.52. The second kappa shape index (κ2) is 4.28. The van der Waals surface area contributed by atoms with Gasteiger partial charge >= 0.3 is 0 Å². The van der Waals surface area contributed by atoms with Crippen LogP contribution in [0.4, 0.5) is 4.39 Å². The fourth-order valence-electron chi connectivity index (χ4n) is 0.0546. The van der Waals surface area contributed by atoms with Gasteiger partial charge in [-0.2, -0.15) is 0 Å². The minimum Gasteiger partial charge on any atom is -0.239 e. The molecule has 0 aromatic heterocycles. The molecule has 0 spiro atoms. The minimum atomic E-state index is -0.302. The number of hydrogen-bond donors (Lipinski definition) is 0. The number of alkyl halides is 1. The zero-order valence-electron chi connectivity index (χ0n) is 2.91. The van der Waals surface area contributed by atoms with Gasteiger partial charge in [0, 0.05) is 0 Å². The first-order valence-electron chi connectivity index (χ1n) is 1.34. The molecule has 0 fully saturated rings. The summed E-state index contributed by atoms with van der Waals surface area (Å²) in [7, 11) is 0. The van der Waals surface area contributed by atoms with Crippen molar-refractivity contribution in [2.24, 2.45) is 0 Å². The Hall–Kier alpha value is 0.280. The molecule has 0 nitrogen and oxygen atoms in total. The maximum atomic E-state index is 10.9. The molecular weight excluding hydrogens is 87.1 g/mol. The van der Waals surface area contributed by atoms with E-state index >= 15 is 0 Å². The lowest BCUT2D eigenvalue weighted by Crippen LogP contribution is -1.62. The number of rotatable bonds is 2. The smallest absolute Gasteiger partial charge is 0.135 e. The Balaban J connectivity index is 2.19. The molecule has 0 heterocycles. The van der Waals surface area contributed by atoms with Crippen molar-refractivity contribution in [3.63, 3.8) is 0 Å². The van der Waals surface area contributed by atoms with Crippen molar-refractivity contribution >= 4 is 11.8 Å². The summed E-state index contributed by atoms with van der Waals surface area (Å²) in [5.74, 6) is 0.635. The molecule has 0 aromatic rings. The molecule has 0 aromatic carbocycles. The zero-order chi connectivity index (χ0) is 4.12. The van der Waals surface area contributed by atoms with Crippen LogP contribution >= 0.6 is 11.8 Å². The van der Waals surface area contributed by atoms with Crippen LogP contribution in [0.5, 0.6) is 0 Å². The Morgan fingerprint density at radius 3 is 2.40 bits per heavy atom. The van der Waals surface area contributed by atoms with E-state index in [9.17, 15) is 4.39 Å². The molecule has 31 valence electrons. The number of hydrogen-bond acceptors (Lipinski definition) is 1. The van der Waals surface area contributed by atoms with Crippen molar-refractivity contribution in [1.29, 1.82) is 0 Å². The van der Waals surface area contributed by atoms with E-state index in [0.29, 0.717) is 5.75 Å². The molecule has 0 unspecified atom stereocenters. The molecule has 0 aliphatic rings. The lowest BCUT2D eigenvalue weighted by atomic mass is 11.0. The third-order valence-electron chi connectivity index (χ3n) is 0.221. The highest BCUT2D eigenvalue weighted by Crippen LogP contribution is 1.94. The molecule has 0 saturated carbocycles. The topological polar surface area (TPSA) is 0 Å². The van der Waals surface area contributed by atoms with E-state index in [0.717, 1.165) is 0 Å². The Bertz CT molecular complexity index is 14.4. The third-order valence-corrected chi connectivity index (χ3v) is 0.664. The van der Waals surface area contributed by atoms with Crippen molar-refractivity contribution in [1.82, 2.24) is 0 Å². The predicted octanol–water partition coefficient (Wildman–Crippen LogP) is 1.48. The van der Waals surface area contributed by atoms with E-state index in [4.69, 9.17) is 0 Å². The van der Waals surface area contributed by atoms with Crippen molar-refractivity contribution in [3.8, 4) is 0 Å². The van der Waals surface area contributed by atoms with Crippen LogP contribution in [0.15, 0.2) is 0 Å². The largest absolute Gasteiger partial charge is 0.239 e. The molecule has 0 saturated heterocycles. The summed E-state index contributed by atoms with van der Waals surface area (Å²) in [5, 5.41) is 0. The van der Waals surface area contributed by atoms with E-state index in [1.54, 1.807) is 0 Å². The van der Waals surface area contributed by atoms with Crippen molar-refractivity contribution in [3.05, 3.63) is 6.92 Å². The molecule has 0 amide bonds. The van der Waals surface area contributed by atoms with Gasteiger partial charge in [-0.15, -0.1) is 11.8 Å². The molecule has 0 rings (SSSR count). The van der Waals surface area contributed by atoms with E-state index in [1.165, 1.54) is 11.8 Å². The van der Waals surface area contributed by atoms with Gasteiger partial charge in [0.05, 0.1) is 0 Å². The Labute approximate surface area is 35.8 Å². The highest BCUT2D eigenvalue weighted by Gasteiger charge is 1.70. The van der Waals surface area contributed by atoms with E-state index in [2.05, 4.69) is 6.92 Å². The zero-order valence-corrected chi connectivity index (χ0v) is 3.72. The summed E-state index contributed by atoms with van der Waals surface area (Å²) in [6, 6.07) is -0.302. The van der Waals surface area contributed by atoms with Gasteiger partial charge in [-0.05, 0) is 12.7 Å². The average Bonchev–Trinajstić information content (AvgIpc) is 1.41. The third kappa shape index (κ3) is 4.28. The first-order valence-corrected chi connectivity index (χ1v) is 2.50. The van der Waals surface area contributed by atoms with Crippen molar-refractivity contribution in [2.75, 3.05) is 11.8 Å². The lowest BCUT2D eigenvalue weighted by Gasteiger charge is -1.77. The second-order valence-corrected chi connectivity index (χ2v) is 1.55. The molecule has 0 aliphatic carbocycles. The van der Waals surface area contributed by atoms with Crippen molar-refractivity contribution in [2.45, 2.75) is 0 Å². The van der Waals surface area contributed by atoms with E-state index in [1.807, 2.05) is 0 Å². The number of halogens is 1. The SMILES string of the molecule is [CH2]CSCF. The molecule has 0 bridgehead atoms.